The Morgan fingerprint density at radius 2 is 2.06 bits per heavy atom. The molecule has 7 nitrogen and oxygen atoms in total. The molecule has 1 saturated carbocycles. The van der Waals surface area contributed by atoms with Crippen molar-refractivity contribution in [2.75, 3.05) is 11.9 Å². The van der Waals surface area contributed by atoms with Crippen molar-refractivity contribution in [1.29, 1.82) is 0 Å². The Morgan fingerprint density at radius 3 is 2.66 bits per heavy atom. The van der Waals surface area contributed by atoms with E-state index >= 15 is 0 Å². The fraction of sp³-hybridized carbons (Fsp3) is 0.600. The van der Waals surface area contributed by atoms with E-state index in [2.05, 4.69) is 15.3 Å². The molecule has 1 aliphatic heterocycles. The number of ether oxygens (including phenoxy) is 1. The molecule has 2 aliphatic rings. The first-order chi connectivity index (χ1) is 16.7. The predicted molar refractivity (Wildman–Crippen MR) is 131 cm³/mol. The summed E-state index contributed by atoms with van der Waals surface area (Å²) >= 11 is 0.897. The van der Waals surface area contributed by atoms with Gasteiger partial charge in [-0.15, -0.1) is 11.3 Å². The van der Waals surface area contributed by atoms with Crippen LogP contribution in [0.3, 0.4) is 0 Å². The largest absolute Gasteiger partial charge is 0.461 e. The van der Waals surface area contributed by atoms with E-state index in [0.29, 0.717) is 5.82 Å². The molecule has 0 spiro atoms. The van der Waals surface area contributed by atoms with E-state index < -0.39 is 12.4 Å². The van der Waals surface area contributed by atoms with E-state index in [9.17, 15) is 18.4 Å². The minimum absolute atomic E-state index is 0.000571. The second kappa shape index (κ2) is 10.2. The smallest absolute Gasteiger partial charge is 0.367 e. The van der Waals surface area contributed by atoms with E-state index in [4.69, 9.17) is 4.74 Å². The summed E-state index contributed by atoms with van der Waals surface area (Å²) in [5.74, 6) is -0.663. The van der Waals surface area contributed by atoms with Crippen LogP contribution in [-0.2, 0) is 4.74 Å². The van der Waals surface area contributed by atoms with Crippen LogP contribution >= 0.6 is 11.3 Å². The third-order valence-electron chi connectivity index (χ3n) is 7.07. The molecule has 10 heteroatoms. The standard InChI is InChI=1S/C25H32F2N4O3S/c1-5-15-9-8-14(3)31(15)23(32)19-20(35-22(29-19)24(33)34-6-2)17-13-28-18(12-16(17)21(26)27)30-25(4)10-7-11-25/h12-15,21H,5-11H2,1-4H3,(H,28,30). The number of pyridine rings is 1. The zero-order chi connectivity index (χ0) is 25.3. The summed E-state index contributed by atoms with van der Waals surface area (Å²) < 4.78 is 33.6. The summed E-state index contributed by atoms with van der Waals surface area (Å²) in [5.41, 5.74) is -0.293. The first-order valence-electron chi connectivity index (χ1n) is 12.2. The number of halogens is 2. The molecule has 2 aromatic rings. The van der Waals surface area contributed by atoms with Crippen LogP contribution in [0.15, 0.2) is 12.3 Å². The molecular formula is C25H32F2N4O3S. The number of likely N-dealkylation sites (tertiary alicyclic amines) is 1. The fourth-order valence-corrected chi connectivity index (χ4v) is 5.92. The van der Waals surface area contributed by atoms with Gasteiger partial charge in [-0.3, -0.25) is 4.79 Å². The number of carbonyl (C=O) groups excluding carboxylic acids is 2. The molecule has 2 fully saturated rings. The molecule has 2 atom stereocenters. The number of nitrogens with one attached hydrogen (secondary N) is 1. The van der Waals surface area contributed by atoms with Crippen LogP contribution in [0.5, 0.6) is 0 Å². The van der Waals surface area contributed by atoms with E-state index in [1.54, 1.807) is 11.8 Å². The Morgan fingerprint density at radius 1 is 1.31 bits per heavy atom. The average Bonchev–Trinajstić information content (AvgIpc) is 3.41. The number of hydrogen-bond acceptors (Lipinski definition) is 7. The molecule has 4 rings (SSSR count). The Balaban J connectivity index is 1.79. The summed E-state index contributed by atoms with van der Waals surface area (Å²) in [5, 5.41) is 3.23. The van der Waals surface area contributed by atoms with Crippen molar-refractivity contribution in [3.63, 3.8) is 0 Å². The summed E-state index contributed by atoms with van der Waals surface area (Å²) in [4.78, 5) is 36.9. The SMILES string of the molecule is CCOC(=O)c1nc(C(=O)N2C(C)CCC2CC)c(-c2cnc(NC3(C)CCC3)cc2C(F)F)s1. The second-order valence-electron chi connectivity index (χ2n) is 9.61. The van der Waals surface area contributed by atoms with Gasteiger partial charge in [0, 0.05) is 34.9 Å². The van der Waals surface area contributed by atoms with Crippen LogP contribution in [0.4, 0.5) is 14.6 Å². The lowest BCUT2D eigenvalue weighted by Crippen LogP contribution is -2.41. The number of anilines is 1. The third kappa shape index (κ3) is 5.03. The maximum Gasteiger partial charge on any atom is 0.367 e. The van der Waals surface area contributed by atoms with E-state index in [0.717, 1.165) is 49.9 Å². The minimum Gasteiger partial charge on any atom is -0.461 e. The summed E-state index contributed by atoms with van der Waals surface area (Å²) in [6.07, 6.45) is 4.05. The van der Waals surface area contributed by atoms with Crippen molar-refractivity contribution < 1.29 is 23.1 Å². The molecule has 2 unspecified atom stereocenters. The fourth-order valence-electron chi connectivity index (χ4n) is 4.94. The van der Waals surface area contributed by atoms with Gasteiger partial charge >= 0.3 is 5.97 Å². The van der Waals surface area contributed by atoms with Gasteiger partial charge in [-0.25, -0.2) is 23.5 Å². The Kier molecular flexibility index (Phi) is 7.40. The number of hydrogen-bond donors (Lipinski definition) is 1. The van der Waals surface area contributed by atoms with Crippen molar-refractivity contribution in [3.05, 3.63) is 28.5 Å². The number of rotatable bonds is 8. The Hall–Kier alpha value is -2.62. The molecule has 35 heavy (non-hydrogen) atoms. The van der Waals surface area contributed by atoms with Gasteiger partial charge in [0.2, 0.25) is 5.01 Å². The van der Waals surface area contributed by atoms with Crippen LogP contribution in [-0.4, -0.2) is 51.0 Å². The zero-order valence-corrected chi connectivity index (χ0v) is 21.4. The van der Waals surface area contributed by atoms with E-state index in [-0.39, 0.29) is 56.8 Å². The van der Waals surface area contributed by atoms with Gasteiger partial charge in [0.25, 0.3) is 12.3 Å². The summed E-state index contributed by atoms with van der Waals surface area (Å²) in [7, 11) is 0. The zero-order valence-electron chi connectivity index (χ0n) is 20.6. The molecule has 190 valence electrons. The number of nitrogens with zero attached hydrogens (tertiary/aromatic N) is 3. The van der Waals surface area contributed by atoms with Crippen molar-refractivity contribution in [2.45, 2.75) is 90.3 Å². The van der Waals surface area contributed by atoms with Gasteiger partial charge < -0.3 is 15.0 Å². The highest BCUT2D eigenvalue weighted by Gasteiger charge is 2.38. The van der Waals surface area contributed by atoms with Crippen LogP contribution in [0.1, 0.15) is 98.5 Å². The highest BCUT2D eigenvalue weighted by atomic mass is 32.1. The topological polar surface area (TPSA) is 84.4 Å². The second-order valence-corrected chi connectivity index (χ2v) is 10.6. The molecule has 1 N–H and O–H groups in total. The van der Waals surface area contributed by atoms with Gasteiger partial charge in [-0.1, -0.05) is 6.92 Å². The van der Waals surface area contributed by atoms with Crippen molar-refractivity contribution in [1.82, 2.24) is 14.9 Å². The molecule has 3 heterocycles. The summed E-state index contributed by atoms with van der Waals surface area (Å²) in [6.45, 7) is 7.84. The lowest BCUT2D eigenvalue weighted by molar-refractivity contribution is 0.0525. The van der Waals surface area contributed by atoms with Crippen molar-refractivity contribution >= 4 is 29.0 Å². The molecule has 2 aromatic heterocycles. The van der Waals surface area contributed by atoms with Gasteiger partial charge in [0.15, 0.2) is 0 Å². The van der Waals surface area contributed by atoms with Crippen molar-refractivity contribution in [3.8, 4) is 10.4 Å². The van der Waals surface area contributed by atoms with Crippen LogP contribution in [0.2, 0.25) is 0 Å². The monoisotopic (exact) mass is 506 g/mol. The van der Waals surface area contributed by atoms with E-state index in [1.807, 2.05) is 20.8 Å². The first kappa shape index (κ1) is 25.5. The third-order valence-corrected chi connectivity index (χ3v) is 8.14. The molecule has 1 saturated heterocycles. The molecule has 1 aliphatic carbocycles. The van der Waals surface area contributed by atoms with Gasteiger partial charge in [-0.05, 0) is 65.4 Å². The Bertz CT molecular complexity index is 1100. The number of thiazole rings is 1. The molecule has 1 amide bonds. The number of amides is 1. The lowest BCUT2D eigenvalue weighted by atomic mass is 9.78. The van der Waals surface area contributed by atoms with Crippen LogP contribution in [0, 0.1) is 0 Å². The van der Waals surface area contributed by atoms with Crippen LogP contribution < -0.4 is 5.32 Å². The molecular weight excluding hydrogens is 474 g/mol. The van der Waals surface area contributed by atoms with Gasteiger partial charge in [0.05, 0.1) is 11.5 Å². The number of carbonyl (C=O) groups is 2. The maximum absolute atomic E-state index is 14.3. The van der Waals surface area contributed by atoms with Crippen LogP contribution in [0.25, 0.3) is 10.4 Å². The highest BCUT2D eigenvalue weighted by Crippen LogP contribution is 2.41. The molecule has 0 radical (unpaired) electrons. The highest BCUT2D eigenvalue weighted by molar-refractivity contribution is 7.17. The number of alkyl halides is 2. The van der Waals surface area contributed by atoms with Gasteiger partial charge in [0.1, 0.15) is 11.5 Å². The maximum atomic E-state index is 14.3. The lowest BCUT2D eigenvalue weighted by Gasteiger charge is -2.39. The van der Waals surface area contributed by atoms with E-state index in [1.165, 1.54) is 12.3 Å². The van der Waals surface area contributed by atoms with Crippen molar-refractivity contribution in [2.24, 2.45) is 0 Å². The summed E-state index contributed by atoms with van der Waals surface area (Å²) in [6, 6.07) is 1.38. The minimum atomic E-state index is -2.80. The Labute approximate surface area is 208 Å². The normalized spacial score (nSPS) is 21.2. The quantitative estimate of drug-likeness (QED) is 0.437. The molecule has 0 bridgehead atoms. The number of aromatic nitrogens is 2. The number of esters is 1. The predicted octanol–water partition coefficient (Wildman–Crippen LogP) is 6.08. The van der Waals surface area contributed by atoms with Gasteiger partial charge in [-0.2, -0.15) is 0 Å². The first-order valence-corrected chi connectivity index (χ1v) is 13.1. The average molecular weight is 507 g/mol. The molecule has 0 aromatic carbocycles.